The van der Waals surface area contributed by atoms with Crippen LogP contribution in [0.15, 0.2) is 54.6 Å². The van der Waals surface area contributed by atoms with Gasteiger partial charge in [0, 0.05) is 6.54 Å². The maximum Gasteiger partial charge on any atom is 0.328 e. The molecule has 0 saturated carbocycles. The minimum absolute atomic E-state index is 0.0760. The van der Waals surface area contributed by atoms with Crippen molar-refractivity contribution in [3.8, 4) is 5.75 Å². The van der Waals surface area contributed by atoms with Gasteiger partial charge in [0.05, 0.1) is 25.7 Å². The van der Waals surface area contributed by atoms with E-state index in [1.165, 1.54) is 4.90 Å². The quantitative estimate of drug-likeness (QED) is 0.868. The van der Waals surface area contributed by atoms with E-state index in [9.17, 15) is 9.59 Å². The first-order valence-corrected chi connectivity index (χ1v) is 9.69. The number of ether oxygens (including phenoxy) is 1. The molecule has 2 unspecified atom stereocenters. The van der Waals surface area contributed by atoms with E-state index in [1.807, 2.05) is 54.6 Å². The van der Waals surface area contributed by atoms with Crippen LogP contribution in [-0.4, -0.2) is 41.6 Å². The Morgan fingerprint density at radius 1 is 1.04 bits per heavy atom. The van der Waals surface area contributed by atoms with Crippen molar-refractivity contribution < 1.29 is 14.3 Å². The molecule has 0 aromatic heterocycles. The number of rotatable bonds is 5. The minimum Gasteiger partial charge on any atom is -0.497 e. The summed E-state index contributed by atoms with van der Waals surface area (Å²) in [6, 6.07) is 17.1. The summed E-state index contributed by atoms with van der Waals surface area (Å²) in [4.78, 5) is 29.6. The number of piperidine rings is 1. The Morgan fingerprint density at radius 2 is 1.82 bits per heavy atom. The molecule has 0 radical (unpaired) electrons. The molecule has 0 spiro atoms. The number of urea groups is 1. The molecule has 0 bridgehead atoms. The van der Waals surface area contributed by atoms with Crippen LogP contribution in [0.25, 0.3) is 0 Å². The average molecular weight is 379 g/mol. The molecule has 2 aliphatic heterocycles. The first kappa shape index (κ1) is 18.5. The number of methoxy groups -OCH3 is 1. The van der Waals surface area contributed by atoms with Crippen molar-refractivity contribution in [1.29, 1.82) is 0 Å². The molecule has 2 aliphatic rings. The molecule has 0 aliphatic carbocycles. The number of carbonyl (C=O) groups excluding carboxylic acids is 2. The molecule has 2 heterocycles. The predicted octanol–water partition coefficient (Wildman–Crippen LogP) is 2.99. The molecule has 2 aromatic rings. The zero-order valence-electron chi connectivity index (χ0n) is 16.0. The number of imide groups is 1. The third-order valence-electron chi connectivity index (χ3n) is 5.49. The van der Waals surface area contributed by atoms with E-state index in [-0.39, 0.29) is 24.0 Å². The van der Waals surface area contributed by atoms with Crippen LogP contribution in [-0.2, 0) is 17.9 Å². The van der Waals surface area contributed by atoms with Gasteiger partial charge in [0.15, 0.2) is 0 Å². The summed E-state index contributed by atoms with van der Waals surface area (Å²) >= 11 is 0. The summed E-state index contributed by atoms with van der Waals surface area (Å²) in [5.74, 6) is 0.473. The van der Waals surface area contributed by atoms with Crippen molar-refractivity contribution >= 4 is 11.9 Å². The lowest BCUT2D eigenvalue weighted by Gasteiger charge is -2.47. The summed E-state index contributed by atoms with van der Waals surface area (Å²) in [5, 5.41) is 3.39. The maximum atomic E-state index is 13.3. The van der Waals surface area contributed by atoms with Crippen molar-refractivity contribution in [1.82, 2.24) is 15.1 Å². The monoisotopic (exact) mass is 379 g/mol. The van der Waals surface area contributed by atoms with E-state index in [2.05, 4.69) is 5.32 Å². The molecule has 6 heteroatoms. The van der Waals surface area contributed by atoms with Crippen molar-refractivity contribution in [2.45, 2.75) is 32.1 Å². The van der Waals surface area contributed by atoms with Crippen LogP contribution in [0.5, 0.6) is 5.75 Å². The Hall–Kier alpha value is -2.86. The van der Waals surface area contributed by atoms with Gasteiger partial charge in [-0.1, -0.05) is 42.5 Å². The van der Waals surface area contributed by atoms with E-state index in [4.69, 9.17) is 4.74 Å². The average Bonchev–Trinajstić information content (AvgIpc) is 2.75. The third kappa shape index (κ3) is 3.60. The van der Waals surface area contributed by atoms with Crippen LogP contribution in [0.3, 0.4) is 0 Å². The largest absolute Gasteiger partial charge is 0.497 e. The highest BCUT2D eigenvalue weighted by Gasteiger charge is 2.46. The first-order valence-electron chi connectivity index (χ1n) is 9.69. The van der Waals surface area contributed by atoms with Gasteiger partial charge in [-0.2, -0.15) is 0 Å². The Kier molecular flexibility index (Phi) is 5.30. The van der Waals surface area contributed by atoms with Crippen LogP contribution >= 0.6 is 0 Å². The summed E-state index contributed by atoms with van der Waals surface area (Å²) in [7, 11) is 1.63. The van der Waals surface area contributed by atoms with E-state index < -0.39 is 0 Å². The molecule has 2 fully saturated rings. The van der Waals surface area contributed by atoms with Gasteiger partial charge >= 0.3 is 6.03 Å². The molecule has 2 aromatic carbocycles. The Balaban J connectivity index is 1.62. The van der Waals surface area contributed by atoms with Crippen LogP contribution in [0, 0.1) is 5.92 Å². The van der Waals surface area contributed by atoms with Crippen molar-refractivity contribution in [3.05, 3.63) is 65.7 Å². The number of benzene rings is 2. The lowest BCUT2D eigenvalue weighted by molar-refractivity contribution is -0.142. The molecule has 3 amide bonds. The van der Waals surface area contributed by atoms with Gasteiger partial charge in [0.1, 0.15) is 5.75 Å². The predicted molar refractivity (Wildman–Crippen MR) is 105 cm³/mol. The van der Waals surface area contributed by atoms with Gasteiger partial charge in [0.2, 0.25) is 5.91 Å². The topological polar surface area (TPSA) is 61.9 Å². The van der Waals surface area contributed by atoms with Crippen LogP contribution in [0.1, 0.15) is 24.0 Å². The fourth-order valence-electron chi connectivity index (χ4n) is 4.07. The molecule has 146 valence electrons. The number of hydrogen-bond acceptors (Lipinski definition) is 4. The molecule has 2 atom stereocenters. The van der Waals surface area contributed by atoms with Crippen LogP contribution in [0.2, 0.25) is 0 Å². The highest BCUT2D eigenvalue weighted by Crippen LogP contribution is 2.30. The highest BCUT2D eigenvalue weighted by atomic mass is 16.5. The number of nitrogens with zero attached hydrogens (tertiary/aromatic N) is 2. The maximum absolute atomic E-state index is 13.3. The number of nitrogens with one attached hydrogen (secondary N) is 1. The number of fused-ring (bicyclic) bond motifs is 1. The molecule has 2 saturated heterocycles. The molecule has 6 nitrogen and oxygen atoms in total. The molecule has 28 heavy (non-hydrogen) atoms. The molecular weight excluding hydrogens is 354 g/mol. The number of hydrogen-bond donors (Lipinski definition) is 1. The highest BCUT2D eigenvalue weighted by molar-refractivity contribution is 5.98. The van der Waals surface area contributed by atoms with Gasteiger partial charge in [-0.3, -0.25) is 15.0 Å². The van der Waals surface area contributed by atoms with Gasteiger partial charge in [-0.15, -0.1) is 0 Å². The van der Waals surface area contributed by atoms with Crippen LogP contribution in [0.4, 0.5) is 4.79 Å². The third-order valence-corrected chi connectivity index (χ3v) is 5.49. The summed E-state index contributed by atoms with van der Waals surface area (Å²) in [6.07, 6.45) is 1.48. The van der Waals surface area contributed by atoms with Gasteiger partial charge in [0.25, 0.3) is 0 Å². The van der Waals surface area contributed by atoms with E-state index in [0.717, 1.165) is 36.3 Å². The van der Waals surface area contributed by atoms with Crippen molar-refractivity contribution in [3.63, 3.8) is 0 Å². The molecular formula is C22H25N3O3. The van der Waals surface area contributed by atoms with E-state index in [0.29, 0.717) is 13.1 Å². The molecule has 1 N–H and O–H groups in total. The zero-order valence-corrected chi connectivity index (χ0v) is 16.0. The smallest absolute Gasteiger partial charge is 0.328 e. The number of carbonyl (C=O) groups is 2. The molecule has 4 rings (SSSR count). The second-order valence-corrected chi connectivity index (χ2v) is 7.32. The van der Waals surface area contributed by atoms with Gasteiger partial charge < -0.3 is 9.64 Å². The Labute approximate surface area is 165 Å². The fraction of sp³-hybridized carbons (Fsp3) is 0.364. The van der Waals surface area contributed by atoms with Crippen molar-refractivity contribution in [2.24, 2.45) is 5.92 Å². The number of amides is 3. The fourth-order valence-corrected chi connectivity index (χ4v) is 4.07. The summed E-state index contributed by atoms with van der Waals surface area (Å²) in [5.41, 5.74) is 1.93. The van der Waals surface area contributed by atoms with Gasteiger partial charge in [-0.25, -0.2) is 4.79 Å². The summed E-state index contributed by atoms with van der Waals surface area (Å²) in [6.45, 7) is 1.55. The van der Waals surface area contributed by atoms with E-state index in [1.54, 1.807) is 12.0 Å². The Bertz CT molecular complexity index is 855. The summed E-state index contributed by atoms with van der Waals surface area (Å²) < 4.78 is 5.31. The van der Waals surface area contributed by atoms with Crippen LogP contribution < -0.4 is 10.1 Å². The zero-order chi connectivity index (χ0) is 19.5. The second-order valence-electron chi connectivity index (χ2n) is 7.32. The first-order chi connectivity index (χ1) is 13.7. The SMILES string of the molecule is COc1cccc(CN2C(=O)N(Cc3ccccc3)C(=O)C3CCCNC32)c1. The Morgan fingerprint density at radius 3 is 2.61 bits per heavy atom. The standard InChI is InChI=1S/C22H25N3O3/c1-28-18-10-5-9-17(13-18)15-24-20-19(11-6-12-23-20)21(26)25(22(24)27)14-16-7-3-2-4-8-16/h2-5,7-10,13,19-20,23H,6,11-12,14-15H2,1H3. The lowest BCUT2D eigenvalue weighted by Crippen LogP contribution is -2.66. The normalized spacial score (nSPS) is 22.2. The lowest BCUT2D eigenvalue weighted by atomic mass is 9.91. The second kappa shape index (κ2) is 8.02. The van der Waals surface area contributed by atoms with Gasteiger partial charge in [-0.05, 0) is 42.6 Å². The van der Waals surface area contributed by atoms with Crippen molar-refractivity contribution in [2.75, 3.05) is 13.7 Å². The van der Waals surface area contributed by atoms with E-state index >= 15 is 0 Å². The minimum atomic E-state index is -0.257.